The van der Waals surface area contributed by atoms with E-state index in [-0.39, 0.29) is 24.0 Å². The van der Waals surface area contributed by atoms with E-state index in [0.29, 0.717) is 30.0 Å². The SMILES string of the molecule is [N-]=[N+]=N[C@@H]1CC[C@@H](OC(=O)c2ccccc2)[C@H](c2ccc(Cl)nc2)C1. The van der Waals surface area contributed by atoms with Crippen LogP contribution in [0.4, 0.5) is 0 Å². The number of aromatic nitrogens is 1. The molecule has 1 saturated carbocycles. The van der Waals surface area contributed by atoms with Crippen LogP contribution in [-0.4, -0.2) is 23.1 Å². The second-order valence-electron chi connectivity index (χ2n) is 6.00. The van der Waals surface area contributed by atoms with Crippen molar-refractivity contribution in [3.05, 3.63) is 75.4 Å². The van der Waals surface area contributed by atoms with E-state index in [1.54, 1.807) is 36.5 Å². The van der Waals surface area contributed by atoms with Crippen LogP contribution in [0.3, 0.4) is 0 Å². The number of hydrogen-bond acceptors (Lipinski definition) is 4. The first-order valence-electron chi connectivity index (χ1n) is 8.09. The number of carbonyl (C=O) groups is 1. The van der Waals surface area contributed by atoms with Crippen LogP contribution in [-0.2, 0) is 4.74 Å². The van der Waals surface area contributed by atoms with Crippen molar-refractivity contribution in [1.29, 1.82) is 0 Å². The van der Waals surface area contributed by atoms with Crippen molar-refractivity contribution >= 4 is 17.6 Å². The van der Waals surface area contributed by atoms with Crippen LogP contribution in [0.2, 0.25) is 5.15 Å². The Morgan fingerprint density at radius 1 is 1.24 bits per heavy atom. The Balaban J connectivity index is 1.81. The summed E-state index contributed by atoms with van der Waals surface area (Å²) in [7, 11) is 0. The quantitative estimate of drug-likeness (QED) is 0.256. The first kappa shape index (κ1) is 17.3. The van der Waals surface area contributed by atoms with Crippen LogP contribution in [0, 0.1) is 0 Å². The van der Waals surface area contributed by atoms with E-state index < -0.39 is 0 Å². The van der Waals surface area contributed by atoms with Crippen LogP contribution in [0.15, 0.2) is 53.8 Å². The molecule has 0 N–H and O–H groups in total. The molecule has 1 fully saturated rings. The van der Waals surface area contributed by atoms with E-state index in [1.807, 2.05) is 12.1 Å². The molecule has 0 saturated heterocycles. The molecule has 128 valence electrons. The molecule has 0 amide bonds. The Kier molecular flexibility index (Phi) is 5.53. The van der Waals surface area contributed by atoms with Crippen LogP contribution in [0.25, 0.3) is 10.4 Å². The first-order chi connectivity index (χ1) is 12.2. The van der Waals surface area contributed by atoms with Gasteiger partial charge in [-0.2, -0.15) is 0 Å². The molecule has 1 aromatic carbocycles. The molecule has 25 heavy (non-hydrogen) atoms. The highest BCUT2D eigenvalue weighted by Gasteiger charge is 2.34. The fourth-order valence-corrected chi connectivity index (χ4v) is 3.29. The topological polar surface area (TPSA) is 88.0 Å². The highest BCUT2D eigenvalue weighted by Crippen LogP contribution is 2.37. The maximum atomic E-state index is 12.4. The Hall–Kier alpha value is -2.56. The number of azide groups is 1. The van der Waals surface area contributed by atoms with Crippen molar-refractivity contribution in [2.24, 2.45) is 5.11 Å². The molecule has 0 radical (unpaired) electrons. The fourth-order valence-electron chi connectivity index (χ4n) is 3.18. The molecule has 3 atom stereocenters. The lowest BCUT2D eigenvalue weighted by molar-refractivity contribution is 0.0124. The zero-order valence-electron chi connectivity index (χ0n) is 13.5. The molecule has 0 spiro atoms. The summed E-state index contributed by atoms with van der Waals surface area (Å²) in [5.41, 5.74) is 10.2. The van der Waals surface area contributed by atoms with Crippen molar-refractivity contribution in [1.82, 2.24) is 4.98 Å². The van der Waals surface area contributed by atoms with Gasteiger partial charge in [0.25, 0.3) is 0 Å². The minimum atomic E-state index is -0.347. The minimum absolute atomic E-state index is 0.0818. The number of pyridine rings is 1. The molecular formula is C18H17ClN4O2. The summed E-state index contributed by atoms with van der Waals surface area (Å²) in [6.07, 6.45) is 3.33. The highest BCUT2D eigenvalue weighted by molar-refractivity contribution is 6.29. The Morgan fingerprint density at radius 2 is 2.04 bits per heavy atom. The van der Waals surface area contributed by atoms with Gasteiger partial charge in [-0.1, -0.05) is 41.0 Å². The molecule has 0 unspecified atom stereocenters. The van der Waals surface area contributed by atoms with Gasteiger partial charge in [-0.05, 0) is 48.6 Å². The van der Waals surface area contributed by atoms with Gasteiger partial charge in [0.1, 0.15) is 11.3 Å². The van der Waals surface area contributed by atoms with Crippen molar-refractivity contribution in [2.75, 3.05) is 0 Å². The van der Waals surface area contributed by atoms with Crippen molar-refractivity contribution in [3.8, 4) is 0 Å². The molecule has 0 bridgehead atoms. The van der Waals surface area contributed by atoms with E-state index in [9.17, 15) is 4.79 Å². The number of benzene rings is 1. The number of ether oxygens (including phenoxy) is 1. The molecule has 0 aliphatic heterocycles. The van der Waals surface area contributed by atoms with Crippen molar-refractivity contribution < 1.29 is 9.53 Å². The monoisotopic (exact) mass is 356 g/mol. The molecule has 1 aliphatic rings. The zero-order valence-corrected chi connectivity index (χ0v) is 14.2. The lowest BCUT2D eigenvalue weighted by Crippen LogP contribution is -2.33. The van der Waals surface area contributed by atoms with E-state index >= 15 is 0 Å². The predicted octanol–water partition coefficient (Wildman–Crippen LogP) is 4.91. The third kappa shape index (κ3) is 4.29. The number of carbonyl (C=O) groups excluding carboxylic acids is 1. The molecule has 7 heteroatoms. The normalized spacial score (nSPS) is 22.7. The van der Waals surface area contributed by atoms with E-state index in [1.165, 1.54) is 0 Å². The summed E-state index contributed by atoms with van der Waals surface area (Å²) >= 11 is 5.87. The maximum absolute atomic E-state index is 12.4. The Labute approximate surface area is 150 Å². The maximum Gasteiger partial charge on any atom is 0.338 e. The van der Waals surface area contributed by atoms with Gasteiger partial charge in [0.15, 0.2) is 0 Å². The average molecular weight is 357 g/mol. The lowest BCUT2D eigenvalue weighted by atomic mass is 9.80. The summed E-state index contributed by atoms with van der Waals surface area (Å²) in [4.78, 5) is 19.4. The van der Waals surface area contributed by atoms with Gasteiger partial charge in [-0.3, -0.25) is 0 Å². The summed E-state index contributed by atoms with van der Waals surface area (Å²) < 4.78 is 5.77. The van der Waals surface area contributed by atoms with Crippen molar-refractivity contribution in [3.63, 3.8) is 0 Å². The molecular weight excluding hydrogens is 340 g/mol. The number of esters is 1. The van der Waals surface area contributed by atoms with Crippen LogP contribution < -0.4 is 0 Å². The highest BCUT2D eigenvalue weighted by atomic mass is 35.5. The van der Waals surface area contributed by atoms with E-state index in [4.69, 9.17) is 21.9 Å². The van der Waals surface area contributed by atoms with Crippen LogP contribution in [0.5, 0.6) is 0 Å². The Morgan fingerprint density at radius 3 is 2.72 bits per heavy atom. The minimum Gasteiger partial charge on any atom is -0.458 e. The van der Waals surface area contributed by atoms with Gasteiger partial charge in [0, 0.05) is 23.1 Å². The van der Waals surface area contributed by atoms with Gasteiger partial charge in [-0.15, -0.1) is 0 Å². The summed E-state index contributed by atoms with van der Waals surface area (Å²) in [5, 5.41) is 4.25. The number of hydrogen-bond donors (Lipinski definition) is 0. The third-order valence-corrected chi connectivity index (χ3v) is 4.64. The van der Waals surface area contributed by atoms with E-state index in [2.05, 4.69) is 15.0 Å². The molecule has 6 nitrogen and oxygen atoms in total. The molecule has 2 aromatic rings. The summed E-state index contributed by atoms with van der Waals surface area (Å²) in [6.45, 7) is 0. The van der Waals surface area contributed by atoms with Gasteiger partial charge in [-0.25, -0.2) is 9.78 Å². The molecule has 1 aromatic heterocycles. The van der Waals surface area contributed by atoms with Crippen molar-refractivity contribution in [2.45, 2.75) is 37.3 Å². The average Bonchev–Trinajstić information content (AvgIpc) is 2.64. The first-order valence-corrected chi connectivity index (χ1v) is 8.47. The molecule has 1 aliphatic carbocycles. The zero-order chi connectivity index (χ0) is 17.6. The van der Waals surface area contributed by atoms with Gasteiger partial charge in [0.05, 0.1) is 5.56 Å². The number of halogens is 1. The molecule has 1 heterocycles. The largest absolute Gasteiger partial charge is 0.458 e. The second-order valence-corrected chi connectivity index (χ2v) is 6.39. The summed E-state index contributed by atoms with van der Waals surface area (Å²) in [6, 6.07) is 12.4. The number of nitrogens with zero attached hydrogens (tertiary/aromatic N) is 4. The number of rotatable bonds is 4. The van der Waals surface area contributed by atoms with Crippen LogP contribution >= 0.6 is 11.6 Å². The predicted molar refractivity (Wildman–Crippen MR) is 94.4 cm³/mol. The summed E-state index contributed by atoms with van der Waals surface area (Å²) in [5.74, 6) is -0.429. The lowest BCUT2D eigenvalue weighted by Gasteiger charge is -2.34. The second kappa shape index (κ2) is 8.01. The van der Waals surface area contributed by atoms with E-state index in [0.717, 1.165) is 5.56 Å². The van der Waals surface area contributed by atoms with Gasteiger partial charge < -0.3 is 4.74 Å². The molecule has 3 rings (SSSR count). The van der Waals surface area contributed by atoms with Gasteiger partial charge in [0.2, 0.25) is 0 Å². The van der Waals surface area contributed by atoms with Gasteiger partial charge >= 0.3 is 5.97 Å². The Bertz CT molecular complexity index is 775. The smallest absolute Gasteiger partial charge is 0.338 e. The third-order valence-electron chi connectivity index (χ3n) is 4.42. The van der Waals surface area contributed by atoms with Crippen LogP contribution in [0.1, 0.15) is 41.1 Å². The standard InChI is InChI=1S/C18H17ClN4O2/c19-17-9-6-13(11-21-17)15-10-14(22-23-20)7-8-16(15)25-18(24)12-4-2-1-3-5-12/h1-6,9,11,14-16H,7-8,10H2/t14-,15+,16-/m1/s1. The fraction of sp³-hybridized carbons (Fsp3) is 0.333.